The van der Waals surface area contributed by atoms with Crippen LogP contribution in [0.15, 0.2) is 18.2 Å². The molecule has 1 fully saturated rings. The zero-order valence-corrected chi connectivity index (χ0v) is 12.5. The van der Waals surface area contributed by atoms with Gasteiger partial charge in [0.15, 0.2) is 0 Å². The van der Waals surface area contributed by atoms with Crippen LogP contribution < -0.4 is 16.0 Å². The number of carbonyl (C=O) groups excluding carboxylic acids is 1. The molecule has 3 N–H and O–H groups in total. The highest BCUT2D eigenvalue weighted by Gasteiger charge is 2.28. The number of amides is 1. The minimum atomic E-state index is -0.0597. The van der Waals surface area contributed by atoms with Gasteiger partial charge in [-0.1, -0.05) is 0 Å². The van der Waals surface area contributed by atoms with E-state index >= 15 is 0 Å². The van der Waals surface area contributed by atoms with Crippen molar-refractivity contribution in [3.8, 4) is 0 Å². The molecule has 1 unspecified atom stereocenters. The van der Waals surface area contributed by atoms with E-state index < -0.39 is 0 Å². The van der Waals surface area contributed by atoms with E-state index in [-0.39, 0.29) is 5.91 Å². The van der Waals surface area contributed by atoms with Gasteiger partial charge in [0.1, 0.15) is 0 Å². The van der Waals surface area contributed by atoms with Gasteiger partial charge in [0.25, 0.3) is 5.91 Å². The van der Waals surface area contributed by atoms with Gasteiger partial charge in [-0.3, -0.25) is 4.79 Å². The van der Waals surface area contributed by atoms with Crippen molar-refractivity contribution in [3.05, 3.63) is 23.8 Å². The number of anilines is 2. The van der Waals surface area contributed by atoms with Crippen molar-refractivity contribution in [2.45, 2.75) is 18.9 Å². The average molecular weight is 276 g/mol. The van der Waals surface area contributed by atoms with Crippen LogP contribution in [0.4, 0.5) is 11.4 Å². The highest BCUT2D eigenvalue weighted by molar-refractivity contribution is 6.00. The Morgan fingerprint density at radius 2 is 2.25 bits per heavy atom. The lowest BCUT2D eigenvalue weighted by Gasteiger charge is -2.30. The molecule has 1 aliphatic heterocycles. The van der Waals surface area contributed by atoms with Crippen LogP contribution in [0.1, 0.15) is 23.2 Å². The molecule has 1 amide bonds. The zero-order chi connectivity index (χ0) is 14.7. The van der Waals surface area contributed by atoms with Crippen LogP contribution in [0.5, 0.6) is 0 Å². The van der Waals surface area contributed by atoms with E-state index in [1.807, 2.05) is 12.1 Å². The number of carbonyl (C=O) groups is 1. The molecule has 1 aromatic rings. The molecule has 1 saturated heterocycles. The number of likely N-dealkylation sites (N-methyl/N-ethyl adjacent to an activating group) is 1. The van der Waals surface area contributed by atoms with E-state index in [4.69, 9.17) is 5.73 Å². The zero-order valence-electron chi connectivity index (χ0n) is 12.5. The number of nitrogens with one attached hydrogen (secondary N) is 1. The van der Waals surface area contributed by atoms with Crippen molar-refractivity contribution in [2.75, 3.05) is 44.9 Å². The van der Waals surface area contributed by atoms with Gasteiger partial charge in [-0.2, -0.15) is 0 Å². The molecule has 5 heteroatoms. The summed E-state index contributed by atoms with van der Waals surface area (Å²) >= 11 is 0. The van der Waals surface area contributed by atoms with Crippen molar-refractivity contribution >= 4 is 17.3 Å². The third-order valence-electron chi connectivity index (χ3n) is 3.76. The monoisotopic (exact) mass is 276 g/mol. The average Bonchev–Trinajstić information content (AvgIpc) is 2.85. The third kappa shape index (κ3) is 3.04. The summed E-state index contributed by atoms with van der Waals surface area (Å²) in [4.78, 5) is 16.6. The van der Waals surface area contributed by atoms with Crippen molar-refractivity contribution in [1.82, 2.24) is 10.2 Å². The van der Waals surface area contributed by atoms with E-state index in [9.17, 15) is 4.79 Å². The van der Waals surface area contributed by atoms with Gasteiger partial charge < -0.3 is 20.9 Å². The lowest BCUT2D eigenvalue weighted by atomic mass is 10.1. The summed E-state index contributed by atoms with van der Waals surface area (Å²) in [6.45, 7) is 1.97. The Kier molecular flexibility index (Phi) is 4.49. The molecular weight excluding hydrogens is 252 g/mol. The maximum Gasteiger partial charge on any atom is 0.253 e. The van der Waals surface area contributed by atoms with Gasteiger partial charge in [-0.25, -0.2) is 0 Å². The highest BCUT2D eigenvalue weighted by Crippen LogP contribution is 2.30. The van der Waals surface area contributed by atoms with E-state index in [2.05, 4.69) is 29.2 Å². The Balaban J connectivity index is 2.34. The second kappa shape index (κ2) is 6.13. The van der Waals surface area contributed by atoms with E-state index in [1.165, 1.54) is 0 Å². The fourth-order valence-corrected chi connectivity index (χ4v) is 2.88. The summed E-state index contributed by atoms with van der Waals surface area (Å²) in [5.41, 5.74) is 8.27. The van der Waals surface area contributed by atoms with Crippen LogP contribution in [0.3, 0.4) is 0 Å². The summed E-state index contributed by atoms with van der Waals surface area (Å²) < 4.78 is 0. The molecule has 0 radical (unpaired) electrons. The fourth-order valence-electron chi connectivity index (χ4n) is 2.88. The van der Waals surface area contributed by atoms with Crippen molar-refractivity contribution < 1.29 is 4.79 Å². The SMILES string of the molecule is CNC(=O)c1ccc(N)cc1N1CCCC1CN(C)C. The topological polar surface area (TPSA) is 61.6 Å². The van der Waals surface area contributed by atoms with Gasteiger partial charge >= 0.3 is 0 Å². The molecule has 1 aliphatic rings. The van der Waals surface area contributed by atoms with Gasteiger partial charge in [0, 0.05) is 31.9 Å². The fraction of sp³-hybridized carbons (Fsp3) is 0.533. The maximum atomic E-state index is 12.0. The number of hydrogen-bond acceptors (Lipinski definition) is 4. The molecule has 5 nitrogen and oxygen atoms in total. The van der Waals surface area contributed by atoms with Gasteiger partial charge in [0.2, 0.25) is 0 Å². The van der Waals surface area contributed by atoms with Gasteiger partial charge in [-0.05, 0) is 45.1 Å². The third-order valence-corrected chi connectivity index (χ3v) is 3.76. The quantitative estimate of drug-likeness (QED) is 0.810. The summed E-state index contributed by atoms with van der Waals surface area (Å²) in [5.74, 6) is -0.0597. The Morgan fingerprint density at radius 1 is 1.50 bits per heavy atom. The summed E-state index contributed by atoms with van der Waals surface area (Å²) in [6.07, 6.45) is 2.31. The molecule has 110 valence electrons. The van der Waals surface area contributed by atoms with Crippen LogP contribution >= 0.6 is 0 Å². The molecular formula is C15H24N4O. The molecule has 0 spiro atoms. The standard InChI is InChI=1S/C15H24N4O/c1-17-15(20)13-7-6-11(16)9-14(13)19-8-4-5-12(19)10-18(2)3/h6-7,9,12H,4-5,8,10,16H2,1-3H3,(H,17,20). The Labute approximate surface area is 120 Å². The second-order valence-corrected chi connectivity index (χ2v) is 5.61. The second-order valence-electron chi connectivity index (χ2n) is 5.61. The molecule has 0 saturated carbocycles. The van der Waals surface area contributed by atoms with Crippen LogP contribution in [-0.4, -0.2) is 51.1 Å². The number of hydrogen-bond donors (Lipinski definition) is 2. The molecule has 2 rings (SSSR count). The smallest absolute Gasteiger partial charge is 0.253 e. The largest absolute Gasteiger partial charge is 0.399 e. The predicted octanol–water partition coefficient (Wildman–Crippen LogP) is 1.16. The van der Waals surface area contributed by atoms with Crippen LogP contribution in [0.25, 0.3) is 0 Å². The summed E-state index contributed by atoms with van der Waals surface area (Å²) in [7, 11) is 5.81. The Morgan fingerprint density at radius 3 is 2.90 bits per heavy atom. The number of rotatable bonds is 4. The Bertz CT molecular complexity index is 487. The predicted molar refractivity (Wildman–Crippen MR) is 83.2 cm³/mol. The number of benzene rings is 1. The molecule has 1 aromatic carbocycles. The highest BCUT2D eigenvalue weighted by atomic mass is 16.1. The van der Waals surface area contributed by atoms with Crippen molar-refractivity contribution in [3.63, 3.8) is 0 Å². The van der Waals surface area contributed by atoms with Crippen LogP contribution in [0, 0.1) is 0 Å². The first-order valence-electron chi connectivity index (χ1n) is 7.06. The van der Waals surface area contributed by atoms with Crippen LogP contribution in [0.2, 0.25) is 0 Å². The Hall–Kier alpha value is -1.75. The molecule has 0 aromatic heterocycles. The molecule has 0 bridgehead atoms. The summed E-state index contributed by atoms with van der Waals surface area (Å²) in [5, 5.41) is 2.70. The van der Waals surface area contributed by atoms with E-state index in [1.54, 1.807) is 13.1 Å². The first kappa shape index (κ1) is 14.7. The minimum Gasteiger partial charge on any atom is -0.399 e. The van der Waals surface area contributed by atoms with Crippen molar-refractivity contribution in [2.24, 2.45) is 0 Å². The van der Waals surface area contributed by atoms with E-state index in [0.717, 1.165) is 31.6 Å². The van der Waals surface area contributed by atoms with Crippen LogP contribution in [-0.2, 0) is 0 Å². The molecule has 20 heavy (non-hydrogen) atoms. The molecule has 1 heterocycles. The number of nitrogens with zero attached hydrogens (tertiary/aromatic N) is 2. The van der Waals surface area contributed by atoms with E-state index in [0.29, 0.717) is 17.3 Å². The van der Waals surface area contributed by atoms with Crippen molar-refractivity contribution in [1.29, 1.82) is 0 Å². The number of nitrogens with two attached hydrogens (primary N) is 1. The lowest BCUT2D eigenvalue weighted by Crippen LogP contribution is -2.38. The number of nitrogen functional groups attached to an aromatic ring is 1. The first-order valence-corrected chi connectivity index (χ1v) is 7.06. The lowest BCUT2D eigenvalue weighted by molar-refractivity contribution is 0.0963. The molecule has 1 atom stereocenters. The minimum absolute atomic E-state index is 0.0597. The first-order chi connectivity index (χ1) is 9.52. The summed E-state index contributed by atoms with van der Waals surface area (Å²) in [6, 6.07) is 5.95. The van der Waals surface area contributed by atoms with Gasteiger partial charge in [0.05, 0.1) is 11.3 Å². The molecule has 0 aliphatic carbocycles. The maximum absolute atomic E-state index is 12.0. The van der Waals surface area contributed by atoms with Gasteiger partial charge in [-0.15, -0.1) is 0 Å². The normalized spacial score (nSPS) is 18.6.